The maximum atomic E-state index is 13.5. The molecule has 0 aliphatic heterocycles. The highest BCUT2D eigenvalue weighted by Gasteiger charge is 2.18. The van der Waals surface area contributed by atoms with Crippen LogP contribution in [0.25, 0.3) is 43.4 Å². The molecule has 0 fully saturated rings. The van der Waals surface area contributed by atoms with E-state index in [0.29, 0.717) is 23.7 Å². The maximum Gasteiger partial charge on any atom is 0.261 e. The molecule has 0 spiro atoms. The molecule has 6 nitrogen and oxygen atoms in total. The van der Waals surface area contributed by atoms with Crippen LogP contribution in [-0.4, -0.2) is 18.7 Å². The molecule has 6 heteroatoms. The van der Waals surface area contributed by atoms with Crippen LogP contribution < -0.4 is 26.9 Å². The first kappa shape index (κ1) is 21.8. The number of fused-ring (bicyclic) bond motifs is 3. The van der Waals surface area contributed by atoms with Crippen molar-refractivity contribution in [1.29, 1.82) is 0 Å². The number of nitrogens with zero attached hydrogens (tertiary/aromatic N) is 2. The van der Waals surface area contributed by atoms with Gasteiger partial charge in [0.1, 0.15) is 0 Å². The summed E-state index contributed by atoms with van der Waals surface area (Å²) in [5, 5.41) is 1.37. The number of anilines is 1. The SMILES string of the molecule is CCCCn1c(=O)c2cc3c(=O)c4ccc(-c5ccc(N(C)C)cc5)cc4c(=O)c3cc2c1=O. The fourth-order valence-corrected chi connectivity index (χ4v) is 4.58. The van der Waals surface area contributed by atoms with Crippen LogP contribution in [-0.2, 0) is 6.54 Å². The summed E-state index contributed by atoms with van der Waals surface area (Å²) in [5.74, 6) is 0. The van der Waals surface area contributed by atoms with Crippen LogP contribution in [0.5, 0.6) is 0 Å². The zero-order valence-electron chi connectivity index (χ0n) is 19.3. The molecule has 0 N–H and O–H groups in total. The van der Waals surface area contributed by atoms with Crippen LogP contribution in [0.1, 0.15) is 19.8 Å². The number of hydrogen-bond acceptors (Lipinski definition) is 5. The van der Waals surface area contributed by atoms with Gasteiger partial charge in [-0.25, -0.2) is 0 Å². The van der Waals surface area contributed by atoms with E-state index in [1.165, 1.54) is 16.7 Å². The van der Waals surface area contributed by atoms with E-state index in [4.69, 9.17) is 0 Å². The molecule has 0 unspecified atom stereocenters. The summed E-state index contributed by atoms with van der Waals surface area (Å²) >= 11 is 0. The standard InChI is InChI=1S/C28H24N2O4/c1-4-5-12-30-27(33)23-14-21-22(15-24(23)28(30)34)26(32)20-13-17(8-11-19(20)25(21)31)16-6-9-18(10-7-16)29(2)3/h6-11,13-15H,4-5,12H2,1-3H3. The Labute approximate surface area is 195 Å². The maximum absolute atomic E-state index is 13.5. The van der Waals surface area contributed by atoms with Crippen LogP contribution in [0, 0.1) is 0 Å². The summed E-state index contributed by atoms with van der Waals surface area (Å²) in [6.07, 6.45) is 1.54. The summed E-state index contributed by atoms with van der Waals surface area (Å²) in [6, 6.07) is 16.0. The molecule has 0 saturated carbocycles. The quantitative estimate of drug-likeness (QED) is 0.379. The lowest BCUT2D eigenvalue weighted by atomic mass is 9.96. The molecule has 34 heavy (non-hydrogen) atoms. The van der Waals surface area contributed by atoms with E-state index in [0.717, 1.165) is 23.2 Å². The summed E-state index contributed by atoms with van der Waals surface area (Å²) in [6.45, 7) is 2.31. The molecule has 0 bridgehead atoms. The highest BCUT2D eigenvalue weighted by molar-refractivity contribution is 6.05. The molecule has 5 rings (SSSR count). The number of unbranched alkanes of at least 4 members (excludes halogenated alkanes) is 1. The number of hydrogen-bond donors (Lipinski definition) is 0. The Bertz CT molecular complexity index is 1790. The van der Waals surface area contributed by atoms with Gasteiger partial charge in [0, 0.05) is 47.9 Å². The van der Waals surface area contributed by atoms with Crippen LogP contribution in [0.3, 0.4) is 0 Å². The van der Waals surface area contributed by atoms with Crippen LogP contribution in [0.4, 0.5) is 5.69 Å². The summed E-state index contributed by atoms with van der Waals surface area (Å²) in [4.78, 5) is 54.4. The molecule has 1 aromatic heterocycles. The van der Waals surface area contributed by atoms with Gasteiger partial charge in [0.15, 0.2) is 10.9 Å². The minimum Gasteiger partial charge on any atom is -0.378 e. The van der Waals surface area contributed by atoms with Crippen molar-refractivity contribution >= 4 is 38.0 Å². The molecule has 5 aromatic rings. The van der Waals surface area contributed by atoms with Gasteiger partial charge in [0.05, 0.1) is 10.8 Å². The third kappa shape index (κ3) is 3.25. The molecule has 0 atom stereocenters. The highest BCUT2D eigenvalue weighted by atomic mass is 16.2. The zero-order valence-corrected chi connectivity index (χ0v) is 19.3. The molecule has 1 heterocycles. The van der Waals surface area contributed by atoms with Gasteiger partial charge in [0.25, 0.3) is 11.1 Å². The molecule has 0 saturated heterocycles. The number of aromatic nitrogens is 1. The van der Waals surface area contributed by atoms with Gasteiger partial charge in [-0.2, -0.15) is 0 Å². The third-order valence-corrected chi connectivity index (χ3v) is 6.56. The van der Waals surface area contributed by atoms with Gasteiger partial charge < -0.3 is 4.90 Å². The van der Waals surface area contributed by atoms with Crippen LogP contribution in [0.2, 0.25) is 0 Å². The molecule has 0 radical (unpaired) electrons. The summed E-state index contributed by atoms with van der Waals surface area (Å²) in [7, 11) is 3.93. The van der Waals surface area contributed by atoms with E-state index in [1.54, 1.807) is 12.1 Å². The Kier molecular flexibility index (Phi) is 5.16. The van der Waals surface area contributed by atoms with Crippen molar-refractivity contribution in [3.05, 3.63) is 95.8 Å². The number of rotatable bonds is 5. The highest BCUT2D eigenvalue weighted by Crippen LogP contribution is 2.26. The first-order chi connectivity index (χ1) is 16.3. The van der Waals surface area contributed by atoms with Crippen molar-refractivity contribution in [2.75, 3.05) is 19.0 Å². The van der Waals surface area contributed by atoms with E-state index < -0.39 is 11.1 Å². The van der Waals surface area contributed by atoms with Gasteiger partial charge in [-0.1, -0.05) is 31.5 Å². The van der Waals surface area contributed by atoms with Crippen molar-refractivity contribution in [2.45, 2.75) is 26.3 Å². The van der Waals surface area contributed by atoms with Crippen molar-refractivity contribution in [3.63, 3.8) is 0 Å². The smallest absolute Gasteiger partial charge is 0.261 e. The molecule has 0 aliphatic carbocycles. The second-order valence-corrected chi connectivity index (χ2v) is 8.92. The zero-order chi connectivity index (χ0) is 24.1. The fourth-order valence-electron chi connectivity index (χ4n) is 4.58. The van der Waals surface area contributed by atoms with Gasteiger partial charge >= 0.3 is 0 Å². The summed E-state index contributed by atoms with van der Waals surface area (Å²) in [5.41, 5.74) is 1.38. The second-order valence-electron chi connectivity index (χ2n) is 8.92. The van der Waals surface area contributed by atoms with Gasteiger partial charge in [-0.05, 0) is 53.9 Å². The largest absolute Gasteiger partial charge is 0.378 e. The summed E-state index contributed by atoms with van der Waals surface area (Å²) < 4.78 is 1.21. The molecule has 0 amide bonds. The third-order valence-electron chi connectivity index (χ3n) is 6.56. The normalized spacial score (nSPS) is 11.6. The molecule has 4 aromatic carbocycles. The Hall–Kier alpha value is -4.06. The Morgan fingerprint density at radius 2 is 1.18 bits per heavy atom. The predicted molar refractivity (Wildman–Crippen MR) is 139 cm³/mol. The van der Waals surface area contributed by atoms with Crippen LogP contribution in [0.15, 0.2) is 73.8 Å². The second kappa shape index (κ2) is 8.06. The van der Waals surface area contributed by atoms with E-state index in [1.807, 2.05) is 56.3 Å². The average Bonchev–Trinajstić information content (AvgIpc) is 3.08. The van der Waals surface area contributed by atoms with Crippen molar-refractivity contribution in [3.8, 4) is 11.1 Å². The Morgan fingerprint density at radius 1 is 0.647 bits per heavy atom. The van der Waals surface area contributed by atoms with E-state index in [-0.39, 0.29) is 32.4 Å². The molecule has 0 aliphatic rings. The minimum absolute atomic E-state index is 0.176. The van der Waals surface area contributed by atoms with E-state index in [9.17, 15) is 19.2 Å². The van der Waals surface area contributed by atoms with Crippen molar-refractivity contribution < 1.29 is 0 Å². The topological polar surface area (TPSA) is 76.5 Å². The first-order valence-electron chi connectivity index (χ1n) is 11.4. The van der Waals surface area contributed by atoms with Crippen molar-refractivity contribution in [1.82, 2.24) is 4.57 Å². The molecule has 170 valence electrons. The lowest BCUT2D eigenvalue weighted by molar-refractivity contribution is 0.609. The lowest BCUT2D eigenvalue weighted by Gasteiger charge is -2.13. The first-order valence-corrected chi connectivity index (χ1v) is 11.4. The predicted octanol–water partition coefficient (Wildman–Crippen LogP) is 3.80. The van der Waals surface area contributed by atoms with E-state index >= 15 is 0 Å². The van der Waals surface area contributed by atoms with Gasteiger partial charge in [-0.3, -0.25) is 23.7 Å². The Balaban J connectivity index is 1.76. The van der Waals surface area contributed by atoms with Crippen molar-refractivity contribution in [2.24, 2.45) is 0 Å². The van der Waals surface area contributed by atoms with Gasteiger partial charge in [0.2, 0.25) is 0 Å². The minimum atomic E-state index is -0.406. The fraction of sp³-hybridized carbons (Fsp3) is 0.214. The monoisotopic (exact) mass is 452 g/mol. The number of benzene rings is 4. The molecular formula is C28H24N2O4. The van der Waals surface area contributed by atoms with Crippen LogP contribution >= 0.6 is 0 Å². The Morgan fingerprint density at radius 3 is 1.74 bits per heavy atom. The average molecular weight is 453 g/mol. The van der Waals surface area contributed by atoms with E-state index in [2.05, 4.69) is 0 Å². The lowest BCUT2D eigenvalue weighted by Crippen LogP contribution is -2.25. The van der Waals surface area contributed by atoms with Gasteiger partial charge in [-0.15, -0.1) is 0 Å². The molecular weight excluding hydrogens is 428 g/mol.